The molecule has 1 aliphatic rings. The van der Waals surface area contributed by atoms with Gasteiger partial charge in [0.2, 0.25) is 0 Å². The molecule has 0 saturated carbocycles. The van der Waals surface area contributed by atoms with Crippen LogP contribution in [0.1, 0.15) is 61.0 Å². The molecular formula is C25H22ClN3O5. The van der Waals surface area contributed by atoms with Crippen LogP contribution < -0.4 is 10.7 Å². The van der Waals surface area contributed by atoms with Crippen molar-refractivity contribution in [2.75, 3.05) is 12.4 Å². The molecule has 2 N–H and O–H groups in total. The number of aryl methyl sites for hydroxylation is 1. The lowest BCUT2D eigenvalue weighted by Gasteiger charge is -2.13. The van der Waals surface area contributed by atoms with Crippen molar-refractivity contribution in [1.29, 1.82) is 0 Å². The summed E-state index contributed by atoms with van der Waals surface area (Å²) in [7, 11) is 1.31. The average molecular weight is 480 g/mol. The Kier molecular flexibility index (Phi) is 6.79. The van der Waals surface area contributed by atoms with Gasteiger partial charge in [-0.15, -0.1) is 0 Å². The second kappa shape index (κ2) is 9.93. The van der Waals surface area contributed by atoms with Crippen LogP contribution in [0, 0.1) is 6.92 Å². The number of nitrogens with zero attached hydrogens (tertiary/aromatic N) is 1. The normalized spacial score (nSPS) is 13.8. The minimum atomic E-state index is -0.456. The molecule has 0 aliphatic heterocycles. The molecule has 1 aliphatic carbocycles. The quantitative estimate of drug-likeness (QED) is 0.405. The zero-order chi connectivity index (χ0) is 24.2. The maximum atomic E-state index is 12.9. The summed E-state index contributed by atoms with van der Waals surface area (Å²) < 4.78 is 10.6. The third-order valence-corrected chi connectivity index (χ3v) is 5.75. The average Bonchev–Trinajstić information content (AvgIpc) is 3.20. The van der Waals surface area contributed by atoms with Crippen molar-refractivity contribution in [1.82, 2.24) is 5.43 Å². The second-order valence-corrected chi connectivity index (χ2v) is 8.17. The Morgan fingerprint density at radius 2 is 1.65 bits per heavy atom. The second-order valence-electron chi connectivity index (χ2n) is 7.74. The van der Waals surface area contributed by atoms with Gasteiger partial charge in [-0.05, 0) is 68.3 Å². The summed E-state index contributed by atoms with van der Waals surface area (Å²) in [5.41, 5.74) is 5.96. The number of amides is 2. The van der Waals surface area contributed by atoms with Gasteiger partial charge in [0.05, 0.1) is 18.4 Å². The minimum absolute atomic E-state index is 0.181. The molecule has 0 unspecified atom stereocenters. The molecule has 9 heteroatoms. The molecule has 2 aromatic carbocycles. The van der Waals surface area contributed by atoms with Gasteiger partial charge in [-0.1, -0.05) is 11.6 Å². The first-order valence-corrected chi connectivity index (χ1v) is 11.0. The third-order valence-electron chi connectivity index (χ3n) is 5.49. The first kappa shape index (κ1) is 23.3. The Balaban J connectivity index is 1.52. The molecule has 1 aromatic heterocycles. The lowest BCUT2D eigenvalue weighted by molar-refractivity contribution is 0.0600. The third kappa shape index (κ3) is 4.87. The minimum Gasteiger partial charge on any atom is -0.465 e. The largest absolute Gasteiger partial charge is 0.465 e. The first-order chi connectivity index (χ1) is 16.4. The molecule has 0 saturated heterocycles. The van der Waals surface area contributed by atoms with E-state index >= 15 is 0 Å². The fraction of sp³-hybridized carbons (Fsp3) is 0.200. The van der Waals surface area contributed by atoms with Crippen molar-refractivity contribution in [2.24, 2.45) is 5.10 Å². The van der Waals surface area contributed by atoms with Crippen molar-refractivity contribution in [2.45, 2.75) is 26.2 Å². The molecule has 0 fully saturated rings. The number of benzene rings is 2. The van der Waals surface area contributed by atoms with E-state index in [1.54, 1.807) is 55.5 Å². The standard InChI is InChI=1S/C25H22ClN3O5/c1-14-21-19(28-29-23(30)15-6-10-17(26)11-7-15)4-3-5-20(21)34-22(14)24(31)27-18-12-8-16(9-13-18)25(32)33-2/h6-13H,3-5H2,1-2H3,(H,27,31)(H,29,30)/b28-19+. The molecule has 1 heterocycles. The number of carbonyl (C=O) groups is 3. The van der Waals surface area contributed by atoms with E-state index in [1.807, 2.05) is 0 Å². The van der Waals surface area contributed by atoms with Crippen molar-refractivity contribution < 1.29 is 23.5 Å². The summed E-state index contributed by atoms with van der Waals surface area (Å²) in [6.45, 7) is 1.79. The molecule has 0 atom stereocenters. The Morgan fingerprint density at radius 3 is 2.32 bits per heavy atom. The molecule has 3 aromatic rings. The van der Waals surface area contributed by atoms with Gasteiger partial charge in [0.1, 0.15) is 5.76 Å². The molecule has 0 bridgehead atoms. The number of furan rings is 1. The Bertz CT molecular complexity index is 1280. The van der Waals surface area contributed by atoms with Crippen LogP contribution in [0.15, 0.2) is 58.0 Å². The molecule has 0 radical (unpaired) electrons. The van der Waals surface area contributed by atoms with Gasteiger partial charge in [-0.25, -0.2) is 10.2 Å². The summed E-state index contributed by atoms with van der Waals surface area (Å²) >= 11 is 5.87. The number of esters is 1. The lowest BCUT2D eigenvalue weighted by Crippen LogP contribution is -2.22. The fourth-order valence-corrected chi connectivity index (χ4v) is 3.90. The van der Waals surface area contributed by atoms with Crippen LogP contribution in [0.5, 0.6) is 0 Å². The van der Waals surface area contributed by atoms with Gasteiger partial charge < -0.3 is 14.5 Å². The summed E-state index contributed by atoms with van der Waals surface area (Å²) in [4.78, 5) is 36.9. The summed E-state index contributed by atoms with van der Waals surface area (Å²) in [6.07, 6.45) is 2.09. The Morgan fingerprint density at radius 1 is 0.971 bits per heavy atom. The van der Waals surface area contributed by atoms with E-state index in [0.717, 1.165) is 12.0 Å². The van der Waals surface area contributed by atoms with Gasteiger partial charge in [0, 0.05) is 33.8 Å². The highest BCUT2D eigenvalue weighted by atomic mass is 35.5. The van der Waals surface area contributed by atoms with Gasteiger partial charge in [0.15, 0.2) is 5.76 Å². The van der Waals surface area contributed by atoms with E-state index in [4.69, 9.17) is 16.0 Å². The summed E-state index contributed by atoms with van der Waals surface area (Å²) in [5, 5.41) is 7.64. The zero-order valence-electron chi connectivity index (χ0n) is 18.6. The number of nitrogens with one attached hydrogen (secondary N) is 2. The molecular weight excluding hydrogens is 458 g/mol. The summed E-state index contributed by atoms with van der Waals surface area (Å²) in [5.74, 6) is -0.384. The van der Waals surface area contributed by atoms with E-state index in [9.17, 15) is 14.4 Å². The van der Waals surface area contributed by atoms with Crippen molar-refractivity contribution in [3.05, 3.63) is 87.3 Å². The predicted molar refractivity (Wildman–Crippen MR) is 128 cm³/mol. The van der Waals surface area contributed by atoms with Crippen molar-refractivity contribution in [3.8, 4) is 0 Å². The SMILES string of the molecule is COC(=O)c1ccc(NC(=O)c2oc3c(c2C)/C(=N/NC(=O)c2ccc(Cl)cc2)CCC3)cc1. The number of anilines is 1. The number of methoxy groups -OCH3 is 1. The van der Waals surface area contributed by atoms with E-state index in [-0.39, 0.29) is 11.7 Å². The van der Waals surface area contributed by atoms with Crippen molar-refractivity contribution >= 4 is 40.8 Å². The number of rotatable bonds is 5. The van der Waals surface area contributed by atoms with Crippen molar-refractivity contribution in [3.63, 3.8) is 0 Å². The predicted octanol–water partition coefficient (Wildman–Crippen LogP) is 4.75. The van der Waals surface area contributed by atoms with Crippen LogP contribution in [-0.4, -0.2) is 30.6 Å². The molecule has 8 nitrogen and oxygen atoms in total. The van der Waals surface area contributed by atoms with Crippen LogP contribution in [0.25, 0.3) is 0 Å². The number of fused-ring (bicyclic) bond motifs is 1. The summed E-state index contributed by atoms with van der Waals surface area (Å²) in [6, 6.07) is 12.9. The monoisotopic (exact) mass is 479 g/mol. The van der Waals surface area contributed by atoms with Gasteiger partial charge in [-0.3, -0.25) is 9.59 Å². The highest BCUT2D eigenvalue weighted by Gasteiger charge is 2.28. The number of halogens is 1. The highest BCUT2D eigenvalue weighted by Crippen LogP contribution is 2.30. The van der Waals surface area contributed by atoms with E-state index in [1.165, 1.54) is 7.11 Å². The molecule has 2 amide bonds. The maximum Gasteiger partial charge on any atom is 0.337 e. The first-order valence-electron chi connectivity index (χ1n) is 10.6. The van der Waals surface area contributed by atoms with Crippen LogP contribution in [-0.2, 0) is 11.2 Å². The van der Waals surface area contributed by atoms with E-state index in [0.29, 0.717) is 51.7 Å². The van der Waals surface area contributed by atoms with E-state index in [2.05, 4.69) is 20.6 Å². The number of hydrogen-bond donors (Lipinski definition) is 2. The van der Waals surface area contributed by atoms with Crippen LogP contribution in [0.3, 0.4) is 0 Å². The molecule has 34 heavy (non-hydrogen) atoms. The van der Waals surface area contributed by atoms with Crippen LogP contribution >= 0.6 is 11.6 Å². The molecule has 174 valence electrons. The Labute approximate surface area is 200 Å². The van der Waals surface area contributed by atoms with Gasteiger partial charge in [0.25, 0.3) is 11.8 Å². The Hall–Kier alpha value is -3.91. The lowest BCUT2D eigenvalue weighted by atomic mass is 9.93. The van der Waals surface area contributed by atoms with Crippen LogP contribution in [0.2, 0.25) is 5.02 Å². The number of ether oxygens (including phenoxy) is 1. The fourth-order valence-electron chi connectivity index (χ4n) is 3.78. The number of hydrazone groups is 1. The van der Waals surface area contributed by atoms with Crippen LogP contribution in [0.4, 0.5) is 5.69 Å². The maximum absolute atomic E-state index is 12.9. The zero-order valence-corrected chi connectivity index (χ0v) is 19.4. The number of hydrogen-bond acceptors (Lipinski definition) is 6. The van der Waals surface area contributed by atoms with Gasteiger partial charge in [-0.2, -0.15) is 5.10 Å². The number of carbonyl (C=O) groups excluding carboxylic acids is 3. The topological polar surface area (TPSA) is 110 Å². The molecule has 4 rings (SSSR count). The van der Waals surface area contributed by atoms with E-state index < -0.39 is 11.9 Å². The van der Waals surface area contributed by atoms with Gasteiger partial charge >= 0.3 is 5.97 Å². The molecule has 0 spiro atoms. The highest BCUT2D eigenvalue weighted by molar-refractivity contribution is 6.30. The smallest absolute Gasteiger partial charge is 0.337 e.